The van der Waals surface area contributed by atoms with Crippen molar-refractivity contribution in [1.29, 1.82) is 0 Å². The second kappa shape index (κ2) is 6.38. The average molecular weight is 325 g/mol. The van der Waals surface area contributed by atoms with E-state index in [1.165, 1.54) is 10.9 Å². The zero-order valence-electron chi connectivity index (χ0n) is 11.4. The van der Waals surface area contributed by atoms with Crippen LogP contribution in [0.1, 0.15) is 28.4 Å². The van der Waals surface area contributed by atoms with E-state index in [-0.39, 0.29) is 16.3 Å². The highest BCUT2D eigenvalue weighted by molar-refractivity contribution is 7.91. The summed E-state index contributed by atoms with van der Waals surface area (Å²) in [6, 6.07) is 8.82. The lowest BCUT2D eigenvalue weighted by Gasteiger charge is -2.05. The maximum Gasteiger partial charge on any atom is 0.336 e. The maximum atomic E-state index is 12.1. The molecule has 5 nitrogen and oxygen atoms in total. The van der Waals surface area contributed by atoms with Crippen LogP contribution in [0.2, 0.25) is 0 Å². The number of carbonyl (C=O) groups is 1. The number of carboxylic acids is 1. The summed E-state index contributed by atoms with van der Waals surface area (Å²) in [5.41, 5.74) is 2.02. The zero-order chi connectivity index (χ0) is 15.5. The van der Waals surface area contributed by atoms with Crippen LogP contribution in [0.4, 0.5) is 0 Å². The van der Waals surface area contributed by atoms with E-state index in [9.17, 15) is 13.2 Å². The summed E-state index contributed by atoms with van der Waals surface area (Å²) in [6.45, 7) is 2.22. The third kappa shape index (κ3) is 3.90. The molecule has 21 heavy (non-hydrogen) atoms. The predicted octanol–water partition coefficient (Wildman–Crippen LogP) is 2.49. The minimum atomic E-state index is -3.68. The number of hydrogen-bond donors (Lipinski definition) is 2. The standard InChI is InChI=1S/C14H15NO4S2/c1-2-10-3-5-11(6-4-10)8-15-21(18,19)13-7-12(9-20-13)14(16)17/h3-7,9,15H,2,8H2,1H3,(H,16,17). The average Bonchev–Trinajstić information content (AvgIpc) is 2.97. The van der Waals surface area contributed by atoms with Gasteiger partial charge in [0, 0.05) is 11.9 Å². The normalized spacial score (nSPS) is 11.5. The molecule has 0 aliphatic rings. The molecule has 112 valence electrons. The molecule has 0 spiro atoms. The number of sulfonamides is 1. The number of aryl methyl sites for hydroxylation is 1. The summed E-state index contributed by atoms with van der Waals surface area (Å²) in [5, 5.41) is 10.1. The zero-order valence-corrected chi connectivity index (χ0v) is 13.0. The Balaban J connectivity index is 2.07. The Bertz CT molecular complexity index is 733. The molecule has 0 fully saturated rings. The van der Waals surface area contributed by atoms with Crippen molar-refractivity contribution in [3.63, 3.8) is 0 Å². The second-order valence-corrected chi connectivity index (χ2v) is 7.36. The summed E-state index contributed by atoms with van der Waals surface area (Å²) in [6.07, 6.45) is 0.930. The van der Waals surface area contributed by atoms with Crippen molar-refractivity contribution < 1.29 is 18.3 Å². The van der Waals surface area contributed by atoms with Crippen LogP contribution in [0, 0.1) is 0 Å². The molecule has 2 rings (SSSR count). The fourth-order valence-corrected chi connectivity index (χ4v) is 3.93. The van der Waals surface area contributed by atoms with E-state index in [4.69, 9.17) is 5.11 Å². The Hall–Kier alpha value is -1.70. The molecule has 0 saturated heterocycles. The van der Waals surface area contributed by atoms with E-state index < -0.39 is 16.0 Å². The van der Waals surface area contributed by atoms with Crippen LogP contribution >= 0.6 is 11.3 Å². The first-order valence-electron chi connectivity index (χ1n) is 6.31. The van der Waals surface area contributed by atoms with Crippen LogP contribution in [-0.4, -0.2) is 19.5 Å². The molecule has 1 aromatic carbocycles. The largest absolute Gasteiger partial charge is 0.478 e. The van der Waals surface area contributed by atoms with Crippen molar-refractivity contribution in [2.75, 3.05) is 0 Å². The molecule has 0 radical (unpaired) electrons. The van der Waals surface area contributed by atoms with Gasteiger partial charge in [0.15, 0.2) is 0 Å². The Kier molecular flexibility index (Phi) is 4.76. The quantitative estimate of drug-likeness (QED) is 0.854. The molecule has 0 bridgehead atoms. The van der Waals surface area contributed by atoms with Gasteiger partial charge in [-0.1, -0.05) is 31.2 Å². The van der Waals surface area contributed by atoms with Gasteiger partial charge >= 0.3 is 5.97 Å². The van der Waals surface area contributed by atoms with Crippen molar-refractivity contribution in [3.8, 4) is 0 Å². The van der Waals surface area contributed by atoms with Crippen LogP contribution in [0.3, 0.4) is 0 Å². The van der Waals surface area contributed by atoms with E-state index >= 15 is 0 Å². The van der Waals surface area contributed by atoms with Crippen molar-refractivity contribution in [2.45, 2.75) is 24.1 Å². The molecule has 0 aliphatic heterocycles. The van der Waals surface area contributed by atoms with Crippen molar-refractivity contribution in [3.05, 3.63) is 52.4 Å². The molecule has 0 saturated carbocycles. The molecule has 0 atom stereocenters. The highest BCUT2D eigenvalue weighted by atomic mass is 32.2. The minimum absolute atomic E-state index is 0.00470. The van der Waals surface area contributed by atoms with Crippen molar-refractivity contribution >= 4 is 27.3 Å². The van der Waals surface area contributed by atoms with Crippen LogP contribution in [-0.2, 0) is 23.0 Å². The van der Waals surface area contributed by atoms with Gasteiger partial charge < -0.3 is 5.11 Å². The number of hydrogen-bond acceptors (Lipinski definition) is 4. The van der Waals surface area contributed by atoms with E-state index in [1.54, 1.807) is 0 Å². The molecule has 2 N–H and O–H groups in total. The molecule has 0 amide bonds. The third-order valence-corrected chi connectivity index (χ3v) is 5.83. The Labute approximate surface area is 127 Å². The van der Waals surface area contributed by atoms with Crippen molar-refractivity contribution in [2.24, 2.45) is 0 Å². The molecular formula is C14H15NO4S2. The molecule has 1 heterocycles. The highest BCUT2D eigenvalue weighted by Gasteiger charge is 2.18. The van der Waals surface area contributed by atoms with Crippen LogP contribution in [0.15, 0.2) is 39.9 Å². The Morgan fingerprint density at radius 3 is 2.38 bits per heavy atom. The first-order valence-corrected chi connectivity index (χ1v) is 8.68. The lowest BCUT2D eigenvalue weighted by molar-refractivity contribution is 0.0697. The van der Waals surface area contributed by atoms with Gasteiger partial charge in [0.1, 0.15) is 4.21 Å². The summed E-state index contributed by atoms with van der Waals surface area (Å²) in [7, 11) is -3.68. The predicted molar refractivity (Wildman–Crippen MR) is 81.1 cm³/mol. The van der Waals surface area contributed by atoms with Crippen LogP contribution in [0.25, 0.3) is 0 Å². The fraction of sp³-hybridized carbons (Fsp3) is 0.214. The Morgan fingerprint density at radius 1 is 1.24 bits per heavy atom. The van der Waals surface area contributed by atoms with Gasteiger partial charge in [0.2, 0.25) is 10.0 Å². The van der Waals surface area contributed by atoms with Crippen LogP contribution in [0.5, 0.6) is 0 Å². The molecule has 2 aromatic rings. The van der Waals surface area contributed by atoms with Gasteiger partial charge in [0.05, 0.1) is 5.56 Å². The van der Waals surface area contributed by atoms with E-state index in [2.05, 4.69) is 11.6 Å². The van der Waals surface area contributed by atoms with Gasteiger partial charge in [0.25, 0.3) is 0 Å². The van der Waals surface area contributed by atoms with E-state index in [0.717, 1.165) is 29.4 Å². The molecule has 0 aliphatic carbocycles. The van der Waals surface area contributed by atoms with Gasteiger partial charge in [-0.3, -0.25) is 0 Å². The maximum absolute atomic E-state index is 12.1. The first kappa shape index (κ1) is 15.7. The number of nitrogens with one attached hydrogen (secondary N) is 1. The summed E-state index contributed by atoms with van der Waals surface area (Å²) in [4.78, 5) is 10.8. The molecule has 7 heteroatoms. The summed E-state index contributed by atoms with van der Waals surface area (Å²) >= 11 is 0.895. The van der Waals surface area contributed by atoms with E-state index in [0.29, 0.717) is 0 Å². The van der Waals surface area contributed by atoms with Gasteiger partial charge in [-0.2, -0.15) is 0 Å². The van der Waals surface area contributed by atoms with Gasteiger partial charge in [-0.15, -0.1) is 11.3 Å². The summed E-state index contributed by atoms with van der Waals surface area (Å²) in [5.74, 6) is -1.14. The second-order valence-electron chi connectivity index (χ2n) is 4.45. The van der Waals surface area contributed by atoms with Gasteiger partial charge in [-0.05, 0) is 23.6 Å². The molecule has 1 aromatic heterocycles. The molecule has 0 unspecified atom stereocenters. The SMILES string of the molecule is CCc1ccc(CNS(=O)(=O)c2cc(C(=O)O)cs2)cc1. The smallest absolute Gasteiger partial charge is 0.336 e. The summed E-state index contributed by atoms with van der Waals surface area (Å²) < 4.78 is 26.6. The van der Waals surface area contributed by atoms with Crippen LogP contribution < -0.4 is 4.72 Å². The Morgan fingerprint density at radius 2 is 1.86 bits per heavy atom. The highest BCUT2D eigenvalue weighted by Crippen LogP contribution is 2.20. The number of aromatic carboxylic acids is 1. The minimum Gasteiger partial charge on any atom is -0.478 e. The molecular weight excluding hydrogens is 310 g/mol. The lowest BCUT2D eigenvalue weighted by atomic mass is 10.1. The fourth-order valence-electron chi connectivity index (χ4n) is 1.71. The van der Waals surface area contributed by atoms with Crippen molar-refractivity contribution in [1.82, 2.24) is 4.72 Å². The van der Waals surface area contributed by atoms with Gasteiger partial charge in [-0.25, -0.2) is 17.9 Å². The monoisotopic (exact) mass is 325 g/mol. The third-order valence-electron chi connectivity index (χ3n) is 2.98. The van der Waals surface area contributed by atoms with E-state index in [1.807, 2.05) is 24.3 Å². The number of benzene rings is 1. The topological polar surface area (TPSA) is 83.5 Å². The number of carboxylic acid groups (broad SMARTS) is 1. The number of rotatable bonds is 6. The number of thiophene rings is 1. The lowest BCUT2D eigenvalue weighted by Crippen LogP contribution is -2.22. The first-order chi connectivity index (χ1) is 9.92.